The zero-order valence-electron chi connectivity index (χ0n) is 47.2. The van der Waals surface area contributed by atoms with Crippen LogP contribution in [0, 0.1) is 0 Å². The summed E-state index contributed by atoms with van der Waals surface area (Å²) in [6, 6.07) is 0. The molecule has 0 aliphatic heterocycles. The number of hydrogen-bond donors (Lipinski definition) is 0. The summed E-state index contributed by atoms with van der Waals surface area (Å²) in [6.07, 6.45) is 74.9. The van der Waals surface area contributed by atoms with Gasteiger partial charge in [-0.1, -0.05) is 268 Å². The first-order valence-corrected chi connectivity index (χ1v) is 30.8. The van der Waals surface area contributed by atoms with Crippen LogP contribution in [0.25, 0.3) is 0 Å². The second kappa shape index (κ2) is 59.7. The molecule has 0 bridgehead atoms. The van der Waals surface area contributed by atoms with Crippen LogP contribution in [-0.4, -0.2) is 37.2 Å². The Morgan fingerprint density at radius 2 is 0.507 bits per heavy atom. The van der Waals surface area contributed by atoms with Crippen LogP contribution in [0.5, 0.6) is 0 Å². The maximum atomic E-state index is 12.9. The Hall–Kier alpha value is -2.89. The van der Waals surface area contributed by atoms with Gasteiger partial charge in [0.2, 0.25) is 0 Å². The van der Waals surface area contributed by atoms with E-state index in [0.29, 0.717) is 19.3 Å². The van der Waals surface area contributed by atoms with Gasteiger partial charge in [-0.25, -0.2) is 0 Å². The van der Waals surface area contributed by atoms with Crippen molar-refractivity contribution in [3.63, 3.8) is 0 Å². The fourth-order valence-corrected chi connectivity index (χ4v) is 8.83. The highest BCUT2D eigenvalue weighted by Crippen LogP contribution is 2.16. The topological polar surface area (TPSA) is 78.9 Å². The van der Waals surface area contributed by atoms with Gasteiger partial charge >= 0.3 is 17.9 Å². The Morgan fingerprint density at radius 1 is 0.282 bits per heavy atom. The lowest BCUT2D eigenvalue weighted by Gasteiger charge is -2.18. The molecule has 0 aromatic heterocycles. The highest BCUT2D eigenvalue weighted by Gasteiger charge is 2.19. The number of esters is 3. The van der Waals surface area contributed by atoms with Crippen molar-refractivity contribution in [3.8, 4) is 0 Å². The molecule has 412 valence electrons. The van der Waals surface area contributed by atoms with Crippen LogP contribution in [0.3, 0.4) is 0 Å². The van der Waals surface area contributed by atoms with Crippen LogP contribution in [0.4, 0.5) is 0 Å². The quantitative estimate of drug-likeness (QED) is 0.0261. The average molecular weight is 994 g/mol. The Balaban J connectivity index is 4.38. The summed E-state index contributed by atoms with van der Waals surface area (Å²) in [7, 11) is 0. The minimum Gasteiger partial charge on any atom is -0.462 e. The van der Waals surface area contributed by atoms with Crippen molar-refractivity contribution in [2.75, 3.05) is 13.2 Å². The summed E-state index contributed by atoms with van der Waals surface area (Å²) < 4.78 is 16.9. The van der Waals surface area contributed by atoms with Crippen molar-refractivity contribution >= 4 is 17.9 Å². The van der Waals surface area contributed by atoms with Crippen molar-refractivity contribution < 1.29 is 28.6 Å². The molecular weight excluding hydrogens is 877 g/mol. The zero-order valence-corrected chi connectivity index (χ0v) is 47.2. The second-order valence-corrected chi connectivity index (χ2v) is 20.6. The minimum absolute atomic E-state index is 0.0790. The summed E-state index contributed by atoms with van der Waals surface area (Å²) in [5.41, 5.74) is 0. The van der Waals surface area contributed by atoms with E-state index in [1.54, 1.807) is 0 Å². The fraction of sp³-hybridized carbons (Fsp3) is 0.800. The van der Waals surface area contributed by atoms with E-state index < -0.39 is 6.10 Å². The first-order chi connectivity index (χ1) is 35.0. The molecule has 0 aliphatic rings. The summed E-state index contributed by atoms with van der Waals surface area (Å²) in [5.74, 6) is -0.884. The maximum absolute atomic E-state index is 12.9. The second-order valence-electron chi connectivity index (χ2n) is 20.6. The lowest BCUT2D eigenvalue weighted by Crippen LogP contribution is -2.30. The molecule has 1 unspecified atom stereocenters. The van der Waals surface area contributed by atoms with Gasteiger partial charge in [0.25, 0.3) is 0 Å². The number of carbonyl (C=O) groups is 3. The molecule has 1 atom stereocenters. The summed E-state index contributed by atoms with van der Waals surface area (Å²) in [6.45, 7) is 6.62. The summed E-state index contributed by atoms with van der Waals surface area (Å²) in [5, 5.41) is 0. The van der Waals surface area contributed by atoms with E-state index in [1.165, 1.54) is 186 Å². The third kappa shape index (κ3) is 57.9. The first kappa shape index (κ1) is 68.1. The molecule has 6 heteroatoms. The van der Waals surface area contributed by atoms with Gasteiger partial charge in [0.05, 0.1) is 0 Å². The monoisotopic (exact) mass is 993 g/mol. The van der Waals surface area contributed by atoms with Gasteiger partial charge in [-0.2, -0.15) is 0 Å². The molecule has 6 nitrogen and oxygen atoms in total. The first-order valence-electron chi connectivity index (χ1n) is 30.8. The highest BCUT2D eigenvalue weighted by molar-refractivity contribution is 5.71. The van der Waals surface area contributed by atoms with Crippen molar-refractivity contribution in [1.82, 2.24) is 0 Å². The standard InChI is InChI=1S/C65H116O6/c1-4-7-10-13-16-19-22-25-28-30-31-32-33-35-37-40-43-46-49-52-55-58-64(67)70-61-62(60-69-63(66)57-54-51-48-45-42-39-36-27-24-21-18-15-12-9-6-3)71-65(68)59-56-53-50-47-44-41-38-34-29-26-23-20-17-14-11-8-5-2/h17,20,22,25-26,29-31,33,35,62H,4-16,18-19,21,23-24,27-28,32,34,36-61H2,1-3H3/b20-17-,25-22-,29-26-,31-30-,35-33-. The molecule has 0 radical (unpaired) electrons. The Labute approximate surface area is 440 Å². The number of carbonyl (C=O) groups excluding carboxylic acids is 3. The number of rotatable bonds is 56. The molecule has 0 saturated heterocycles. The number of allylic oxidation sites excluding steroid dienone is 10. The Kier molecular flexibility index (Phi) is 57.2. The number of hydrogen-bond acceptors (Lipinski definition) is 6. The molecular formula is C65H116O6. The van der Waals surface area contributed by atoms with Gasteiger partial charge in [-0.05, 0) is 89.9 Å². The molecule has 0 aliphatic carbocycles. The zero-order chi connectivity index (χ0) is 51.4. The molecule has 0 aromatic rings. The minimum atomic E-state index is -0.783. The predicted molar refractivity (Wildman–Crippen MR) is 307 cm³/mol. The van der Waals surface area contributed by atoms with Crippen molar-refractivity contribution in [1.29, 1.82) is 0 Å². The largest absolute Gasteiger partial charge is 0.462 e. The molecule has 71 heavy (non-hydrogen) atoms. The van der Waals surface area contributed by atoms with Crippen LogP contribution < -0.4 is 0 Å². The van der Waals surface area contributed by atoms with E-state index in [9.17, 15) is 14.4 Å². The maximum Gasteiger partial charge on any atom is 0.306 e. The van der Waals surface area contributed by atoms with Crippen molar-refractivity contribution in [3.05, 3.63) is 60.8 Å². The van der Waals surface area contributed by atoms with E-state index in [4.69, 9.17) is 14.2 Å². The van der Waals surface area contributed by atoms with Gasteiger partial charge in [-0.15, -0.1) is 0 Å². The van der Waals surface area contributed by atoms with E-state index in [2.05, 4.69) is 81.5 Å². The number of ether oxygens (including phenoxy) is 3. The van der Waals surface area contributed by atoms with Crippen LogP contribution in [0.15, 0.2) is 60.8 Å². The van der Waals surface area contributed by atoms with E-state index in [-0.39, 0.29) is 31.1 Å². The van der Waals surface area contributed by atoms with Crippen LogP contribution in [0.2, 0.25) is 0 Å². The highest BCUT2D eigenvalue weighted by atomic mass is 16.6. The smallest absolute Gasteiger partial charge is 0.306 e. The summed E-state index contributed by atoms with van der Waals surface area (Å²) in [4.78, 5) is 38.3. The average Bonchev–Trinajstić information content (AvgIpc) is 3.37. The van der Waals surface area contributed by atoms with Gasteiger partial charge in [-0.3, -0.25) is 14.4 Å². The van der Waals surface area contributed by atoms with Gasteiger partial charge in [0.15, 0.2) is 6.10 Å². The van der Waals surface area contributed by atoms with Crippen LogP contribution in [-0.2, 0) is 28.6 Å². The molecule has 0 fully saturated rings. The van der Waals surface area contributed by atoms with Crippen LogP contribution in [0.1, 0.15) is 316 Å². The normalized spacial score (nSPS) is 12.4. The van der Waals surface area contributed by atoms with Crippen LogP contribution >= 0.6 is 0 Å². The van der Waals surface area contributed by atoms with Gasteiger partial charge in [0.1, 0.15) is 13.2 Å². The molecule has 0 aromatic carbocycles. The van der Waals surface area contributed by atoms with E-state index in [1.807, 2.05) is 0 Å². The lowest BCUT2D eigenvalue weighted by atomic mass is 10.0. The Bertz CT molecular complexity index is 1280. The number of unbranched alkanes of at least 4 members (excludes halogenated alkanes) is 35. The molecule has 0 N–H and O–H groups in total. The van der Waals surface area contributed by atoms with E-state index >= 15 is 0 Å². The third-order valence-electron chi connectivity index (χ3n) is 13.5. The molecule has 0 spiro atoms. The molecule has 0 amide bonds. The lowest BCUT2D eigenvalue weighted by molar-refractivity contribution is -0.167. The molecule has 0 saturated carbocycles. The Morgan fingerprint density at radius 3 is 0.817 bits per heavy atom. The van der Waals surface area contributed by atoms with Crippen molar-refractivity contribution in [2.45, 2.75) is 322 Å². The fourth-order valence-electron chi connectivity index (χ4n) is 8.83. The predicted octanol–water partition coefficient (Wildman–Crippen LogP) is 20.8. The summed E-state index contributed by atoms with van der Waals surface area (Å²) >= 11 is 0. The van der Waals surface area contributed by atoms with Gasteiger partial charge < -0.3 is 14.2 Å². The molecule has 0 rings (SSSR count). The SMILES string of the molecule is CCCCC/C=C\C/C=C\CCCCCCCCCC(=O)OC(COC(=O)CCCCCCCC/C=C\C/C=C\C/C=C\CCCCCCC)COC(=O)CCCCCCCCCCCCCCCCC. The molecule has 0 heterocycles. The van der Waals surface area contributed by atoms with Gasteiger partial charge in [0, 0.05) is 19.3 Å². The van der Waals surface area contributed by atoms with E-state index in [0.717, 1.165) is 89.9 Å². The third-order valence-corrected chi connectivity index (χ3v) is 13.5. The van der Waals surface area contributed by atoms with Crippen molar-refractivity contribution in [2.24, 2.45) is 0 Å².